The van der Waals surface area contributed by atoms with Crippen molar-refractivity contribution in [2.75, 3.05) is 11.4 Å². The van der Waals surface area contributed by atoms with E-state index in [4.69, 9.17) is 5.11 Å². The summed E-state index contributed by atoms with van der Waals surface area (Å²) in [7, 11) is 0. The first-order valence-corrected chi connectivity index (χ1v) is 7.50. The second kappa shape index (κ2) is 5.72. The van der Waals surface area contributed by atoms with Crippen LogP contribution in [0.4, 0.5) is 5.69 Å². The lowest BCUT2D eigenvalue weighted by Gasteiger charge is -2.37. The summed E-state index contributed by atoms with van der Waals surface area (Å²) in [5, 5.41) is 10.3. The minimum atomic E-state index is -0.720. The monoisotopic (exact) mass is 284 g/mol. The zero-order valence-corrected chi connectivity index (χ0v) is 12.2. The predicted molar refractivity (Wildman–Crippen MR) is 83.7 cm³/mol. The lowest BCUT2D eigenvalue weighted by molar-refractivity contribution is -0.137. The Balaban J connectivity index is 2.06. The van der Waals surface area contributed by atoms with Crippen molar-refractivity contribution in [3.05, 3.63) is 36.0 Å². The Morgan fingerprint density at radius 2 is 2.19 bits per heavy atom. The number of carbonyl (C=O) groups is 1. The third kappa shape index (κ3) is 2.84. The molecule has 1 N–H and O–H groups in total. The molecule has 110 valence electrons. The van der Waals surface area contributed by atoms with Crippen LogP contribution >= 0.6 is 0 Å². The quantitative estimate of drug-likeness (QED) is 0.938. The van der Waals surface area contributed by atoms with Crippen LogP contribution < -0.4 is 4.90 Å². The Morgan fingerprint density at radius 1 is 1.38 bits per heavy atom. The van der Waals surface area contributed by atoms with Gasteiger partial charge in [0.25, 0.3) is 0 Å². The molecule has 1 atom stereocenters. The summed E-state index contributed by atoms with van der Waals surface area (Å²) in [4.78, 5) is 18.0. The van der Waals surface area contributed by atoms with E-state index in [1.807, 2.05) is 25.1 Å². The molecule has 2 heterocycles. The molecule has 1 aliphatic rings. The molecular weight excluding hydrogens is 264 g/mol. The number of benzene rings is 1. The van der Waals surface area contributed by atoms with Crippen molar-refractivity contribution >= 4 is 22.6 Å². The molecule has 3 rings (SSSR count). The van der Waals surface area contributed by atoms with Crippen LogP contribution in [0.1, 0.15) is 31.4 Å². The average molecular weight is 284 g/mol. The number of aromatic nitrogens is 1. The standard InChI is InChI=1S/C17H20N2O2/c1-12-10-16(14-7-2-3-8-15(14)18-12)19-9-5-4-6-13(19)11-17(20)21/h2-3,7-8,10,13H,4-6,9,11H2,1H3,(H,20,21). The average Bonchev–Trinajstić information content (AvgIpc) is 2.46. The minimum absolute atomic E-state index is 0.0847. The summed E-state index contributed by atoms with van der Waals surface area (Å²) < 4.78 is 0. The summed E-state index contributed by atoms with van der Waals surface area (Å²) in [6.45, 7) is 2.91. The molecule has 0 aliphatic carbocycles. The highest BCUT2D eigenvalue weighted by Gasteiger charge is 2.26. The maximum Gasteiger partial charge on any atom is 0.305 e. The first kappa shape index (κ1) is 13.9. The van der Waals surface area contributed by atoms with Crippen molar-refractivity contribution < 1.29 is 9.90 Å². The van der Waals surface area contributed by atoms with Crippen LogP contribution in [-0.2, 0) is 4.79 Å². The molecule has 0 amide bonds. The normalized spacial score (nSPS) is 18.9. The van der Waals surface area contributed by atoms with Crippen molar-refractivity contribution in [3.8, 4) is 0 Å². The van der Waals surface area contributed by atoms with Crippen LogP contribution in [0.5, 0.6) is 0 Å². The molecule has 4 nitrogen and oxygen atoms in total. The maximum absolute atomic E-state index is 11.1. The molecule has 0 saturated carbocycles. The van der Waals surface area contributed by atoms with Gasteiger partial charge in [0.15, 0.2) is 0 Å². The van der Waals surface area contributed by atoms with Crippen LogP contribution in [-0.4, -0.2) is 28.6 Å². The van der Waals surface area contributed by atoms with Crippen molar-refractivity contribution in [1.29, 1.82) is 0 Å². The molecule has 1 saturated heterocycles. The van der Waals surface area contributed by atoms with E-state index in [1.165, 1.54) is 0 Å². The fourth-order valence-corrected chi connectivity index (χ4v) is 3.25. The SMILES string of the molecule is Cc1cc(N2CCCCC2CC(=O)O)c2ccccc2n1. The van der Waals surface area contributed by atoms with E-state index in [2.05, 4.69) is 22.0 Å². The van der Waals surface area contributed by atoms with Gasteiger partial charge >= 0.3 is 5.97 Å². The number of hydrogen-bond donors (Lipinski definition) is 1. The van der Waals surface area contributed by atoms with Crippen LogP contribution in [0.3, 0.4) is 0 Å². The van der Waals surface area contributed by atoms with Gasteiger partial charge in [-0.1, -0.05) is 18.2 Å². The van der Waals surface area contributed by atoms with Gasteiger partial charge in [-0.2, -0.15) is 0 Å². The number of pyridine rings is 1. The van der Waals surface area contributed by atoms with Crippen molar-refractivity contribution in [3.63, 3.8) is 0 Å². The highest BCUT2D eigenvalue weighted by atomic mass is 16.4. The van der Waals surface area contributed by atoms with Crippen LogP contribution in [0.2, 0.25) is 0 Å². The van der Waals surface area contributed by atoms with Gasteiger partial charge in [-0.05, 0) is 38.3 Å². The van der Waals surface area contributed by atoms with E-state index in [0.717, 1.165) is 48.1 Å². The van der Waals surface area contributed by atoms with Gasteiger partial charge in [0.2, 0.25) is 0 Å². The van der Waals surface area contributed by atoms with Gasteiger partial charge in [-0.3, -0.25) is 9.78 Å². The number of rotatable bonds is 3. The molecule has 1 aromatic heterocycles. The Bertz CT molecular complexity index is 669. The predicted octanol–water partition coefficient (Wildman–Crippen LogP) is 3.38. The molecular formula is C17H20N2O2. The number of carboxylic acids is 1. The van der Waals surface area contributed by atoms with Crippen LogP contribution in [0.25, 0.3) is 10.9 Å². The first-order valence-electron chi connectivity index (χ1n) is 7.50. The van der Waals surface area contributed by atoms with E-state index in [0.29, 0.717) is 0 Å². The summed E-state index contributed by atoms with van der Waals surface area (Å²) >= 11 is 0. The molecule has 0 radical (unpaired) electrons. The Labute approximate surface area is 124 Å². The third-order valence-corrected chi connectivity index (χ3v) is 4.17. The Hall–Kier alpha value is -2.10. The molecule has 0 bridgehead atoms. The van der Waals surface area contributed by atoms with E-state index in [-0.39, 0.29) is 12.5 Å². The first-order chi connectivity index (χ1) is 10.1. The summed E-state index contributed by atoms with van der Waals surface area (Å²) in [6, 6.07) is 10.3. The van der Waals surface area contributed by atoms with E-state index in [1.54, 1.807) is 0 Å². The molecule has 1 unspecified atom stereocenters. The number of hydrogen-bond acceptors (Lipinski definition) is 3. The van der Waals surface area contributed by atoms with Gasteiger partial charge in [0, 0.05) is 29.4 Å². The van der Waals surface area contributed by atoms with E-state index >= 15 is 0 Å². The number of aliphatic carboxylic acids is 1. The lowest BCUT2D eigenvalue weighted by Crippen LogP contribution is -2.41. The van der Waals surface area contributed by atoms with Crippen LogP contribution in [0, 0.1) is 6.92 Å². The highest BCUT2D eigenvalue weighted by molar-refractivity contribution is 5.92. The molecule has 1 aromatic carbocycles. The number of fused-ring (bicyclic) bond motifs is 1. The molecule has 21 heavy (non-hydrogen) atoms. The Kier molecular flexibility index (Phi) is 3.78. The number of para-hydroxylation sites is 1. The molecule has 0 spiro atoms. The second-order valence-electron chi connectivity index (χ2n) is 5.74. The van der Waals surface area contributed by atoms with E-state index in [9.17, 15) is 4.79 Å². The lowest BCUT2D eigenvalue weighted by atomic mass is 9.97. The van der Waals surface area contributed by atoms with Crippen molar-refractivity contribution in [1.82, 2.24) is 4.98 Å². The highest BCUT2D eigenvalue weighted by Crippen LogP contribution is 2.32. The van der Waals surface area contributed by atoms with Gasteiger partial charge in [0.05, 0.1) is 11.9 Å². The van der Waals surface area contributed by atoms with E-state index < -0.39 is 5.97 Å². The topological polar surface area (TPSA) is 53.4 Å². The molecule has 4 heteroatoms. The van der Waals surface area contributed by atoms with Gasteiger partial charge in [0.1, 0.15) is 0 Å². The number of aryl methyl sites for hydroxylation is 1. The third-order valence-electron chi connectivity index (χ3n) is 4.17. The minimum Gasteiger partial charge on any atom is -0.481 e. The molecule has 1 aliphatic heterocycles. The zero-order chi connectivity index (χ0) is 14.8. The summed E-state index contributed by atoms with van der Waals surface area (Å²) in [5.74, 6) is -0.720. The fourth-order valence-electron chi connectivity index (χ4n) is 3.25. The Morgan fingerprint density at radius 3 is 3.00 bits per heavy atom. The van der Waals surface area contributed by atoms with Gasteiger partial charge < -0.3 is 10.0 Å². The zero-order valence-electron chi connectivity index (χ0n) is 12.2. The maximum atomic E-state index is 11.1. The van der Waals surface area contributed by atoms with Gasteiger partial charge in [-0.25, -0.2) is 0 Å². The van der Waals surface area contributed by atoms with Crippen LogP contribution in [0.15, 0.2) is 30.3 Å². The van der Waals surface area contributed by atoms with Crippen molar-refractivity contribution in [2.45, 2.75) is 38.6 Å². The molecule has 1 fully saturated rings. The number of nitrogens with zero attached hydrogens (tertiary/aromatic N) is 2. The second-order valence-corrected chi connectivity index (χ2v) is 5.74. The van der Waals surface area contributed by atoms with Crippen molar-refractivity contribution in [2.24, 2.45) is 0 Å². The fraction of sp³-hybridized carbons (Fsp3) is 0.412. The number of piperidine rings is 1. The number of anilines is 1. The summed E-state index contributed by atoms with van der Waals surface area (Å²) in [5.41, 5.74) is 3.08. The summed E-state index contributed by atoms with van der Waals surface area (Å²) in [6.07, 6.45) is 3.37. The largest absolute Gasteiger partial charge is 0.481 e. The molecule has 2 aromatic rings. The smallest absolute Gasteiger partial charge is 0.305 e. The van der Waals surface area contributed by atoms with Gasteiger partial charge in [-0.15, -0.1) is 0 Å². The number of carboxylic acid groups (broad SMARTS) is 1.